The molecule has 0 rings (SSSR count). The van der Waals surface area contributed by atoms with Crippen molar-refractivity contribution in [3.05, 3.63) is 0 Å². The van der Waals surface area contributed by atoms with Crippen LogP contribution in [0.25, 0.3) is 0 Å². The zero-order valence-corrected chi connectivity index (χ0v) is 16.5. The van der Waals surface area contributed by atoms with Crippen LogP contribution >= 0.6 is 0 Å². The molecule has 0 bridgehead atoms. The second-order valence-electron chi connectivity index (χ2n) is 5.15. The van der Waals surface area contributed by atoms with Crippen LogP contribution in [0, 0.1) is 19.7 Å². The summed E-state index contributed by atoms with van der Waals surface area (Å²) in [6, 6.07) is 0. The molecule has 0 saturated heterocycles. The van der Waals surface area contributed by atoms with Gasteiger partial charge in [0.05, 0.1) is 0 Å². The van der Waals surface area contributed by atoms with E-state index in [1.807, 2.05) is 0 Å². The summed E-state index contributed by atoms with van der Waals surface area (Å²) in [5.74, 6) is 6.69. The normalized spacial score (nSPS) is 10.9. The quantitative estimate of drug-likeness (QED) is 0.525. The summed E-state index contributed by atoms with van der Waals surface area (Å²) >= 11 is -2.41. The van der Waals surface area contributed by atoms with Crippen molar-refractivity contribution in [1.29, 1.82) is 0 Å². The Kier molecular flexibility index (Phi) is 10.5. The standard InChI is InChI=1S/2C7H12N.2CH3.Sn/c2*1-4-7-8(5-2)6-3;;;/h2*5-7H2,2-3H3;2*1H3;. The fraction of sp³-hybridized carbons (Fsp3) is 0.750. The fourth-order valence-corrected chi connectivity index (χ4v) is 4.82. The first-order valence-corrected chi connectivity index (χ1v) is 16.0. The van der Waals surface area contributed by atoms with Crippen molar-refractivity contribution in [2.75, 3.05) is 39.3 Å². The van der Waals surface area contributed by atoms with E-state index >= 15 is 0 Å². The zero-order chi connectivity index (χ0) is 14.7. The monoisotopic (exact) mass is 370 g/mol. The van der Waals surface area contributed by atoms with Crippen molar-refractivity contribution >= 4 is 18.4 Å². The van der Waals surface area contributed by atoms with E-state index in [2.05, 4.69) is 67.1 Å². The molecule has 0 aromatic carbocycles. The van der Waals surface area contributed by atoms with Gasteiger partial charge in [0.25, 0.3) is 0 Å². The summed E-state index contributed by atoms with van der Waals surface area (Å²) in [5, 5.41) is 0. The Balaban J connectivity index is 4.39. The molecule has 108 valence electrons. The van der Waals surface area contributed by atoms with Gasteiger partial charge in [-0.3, -0.25) is 0 Å². The van der Waals surface area contributed by atoms with Gasteiger partial charge in [0.2, 0.25) is 0 Å². The Labute approximate surface area is 124 Å². The van der Waals surface area contributed by atoms with Gasteiger partial charge in [0, 0.05) is 0 Å². The third-order valence-electron chi connectivity index (χ3n) is 3.20. The summed E-state index contributed by atoms with van der Waals surface area (Å²) in [6.07, 6.45) is 0. The molecule has 0 heterocycles. The third-order valence-corrected chi connectivity index (χ3v) is 7.77. The molecule has 0 radical (unpaired) electrons. The van der Waals surface area contributed by atoms with Gasteiger partial charge in [-0.25, -0.2) is 0 Å². The van der Waals surface area contributed by atoms with Crippen LogP contribution in [0.1, 0.15) is 27.7 Å². The van der Waals surface area contributed by atoms with Crippen molar-refractivity contribution in [3.8, 4) is 19.7 Å². The second kappa shape index (κ2) is 10.6. The molecule has 19 heavy (non-hydrogen) atoms. The molecule has 0 unspecified atom stereocenters. The van der Waals surface area contributed by atoms with E-state index < -0.39 is 18.4 Å². The number of nitrogens with zero attached hydrogens (tertiary/aromatic N) is 2. The summed E-state index contributed by atoms with van der Waals surface area (Å²) in [7, 11) is 0. The van der Waals surface area contributed by atoms with Crippen molar-refractivity contribution in [1.82, 2.24) is 9.80 Å². The van der Waals surface area contributed by atoms with Crippen molar-refractivity contribution in [2.24, 2.45) is 0 Å². The van der Waals surface area contributed by atoms with Gasteiger partial charge in [-0.15, -0.1) is 0 Å². The molecular formula is C16H30N2Sn. The molecule has 0 amide bonds. The summed E-state index contributed by atoms with van der Waals surface area (Å²) in [4.78, 5) is 9.30. The second-order valence-corrected chi connectivity index (χ2v) is 15.9. The van der Waals surface area contributed by atoms with E-state index in [4.69, 9.17) is 0 Å². The average Bonchev–Trinajstić information content (AvgIpc) is 2.39. The van der Waals surface area contributed by atoms with Crippen molar-refractivity contribution < 1.29 is 0 Å². The zero-order valence-electron chi connectivity index (χ0n) is 13.6. The molecular weight excluding hydrogens is 339 g/mol. The maximum absolute atomic E-state index is 3.49. The first-order chi connectivity index (χ1) is 8.99. The van der Waals surface area contributed by atoms with Gasteiger partial charge < -0.3 is 0 Å². The summed E-state index contributed by atoms with van der Waals surface area (Å²) in [6.45, 7) is 14.8. The topological polar surface area (TPSA) is 6.48 Å². The van der Waals surface area contributed by atoms with E-state index in [1.54, 1.807) is 0 Å². The van der Waals surface area contributed by atoms with E-state index in [0.717, 1.165) is 39.3 Å². The average molecular weight is 369 g/mol. The van der Waals surface area contributed by atoms with Crippen molar-refractivity contribution in [2.45, 2.75) is 37.6 Å². The molecule has 0 aliphatic rings. The molecule has 0 saturated carbocycles. The minimum atomic E-state index is -2.41. The molecule has 0 aromatic rings. The van der Waals surface area contributed by atoms with Gasteiger partial charge >= 0.3 is 125 Å². The minimum absolute atomic E-state index is 0.894. The Morgan fingerprint density at radius 2 is 1.00 bits per heavy atom. The number of hydrogen-bond donors (Lipinski definition) is 0. The molecule has 0 aliphatic carbocycles. The van der Waals surface area contributed by atoms with Crippen LogP contribution < -0.4 is 0 Å². The Bertz CT molecular complexity index is 312. The van der Waals surface area contributed by atoms with Crippen LogP contribution in [0.15, 0.2) is 0 Å². The van der Waals surface area contributed by atoms with E-state index in [-0.39, 0.29) is 0 Å². The van der Waals surface area contributed by atoms with Gasteiger partial charge in [0.15, 0.2) is 0 Å². The van der Waals surface area contributed by atoms with Crippen LogP contribution in [0.3, 0.4) is 0 Å². The van der Waals surface area contributed by atoms with Gasteiger partial charge in [0.1, 0.15) is 0 Å². The molecule has 0 fully saturated rings. The first kappa shape index (κ1) is 18.8. The van der Waals surface area contributed by atoms with Gasteiger partial charge in [-0.2, -0.15) is 0 Å². The maximum atomic E-state index is 3.49. The van der Waals surface area contributed by atoms with Gasteiger partial charge in [-0.1, -0.05) is 0 Å². The van der Waals surface area contributed by atoms with Crippen LogP contribution in [0.2, 0.25) is 9.88 Å². The van der Waals surface area contributed by atoms with Crippen LogP contribution in [0.5, 0.6) is 0 Å². The predicted octanol–water partition coefficient (Wildman–Crippen LogP) is 2.46. The predicted molar refractivity (Wildman–Crippen MR) is 88.6 cm³/mol. The number of rotatable bonds is 6. The third kappa shape index (κ3) is 9.38. The van der Waals surface area contributed by atoms with E-state index in [1.165, 1.54) is 0 Å². The number of hydrogen-bond acceptors (Lipinski definition) is 2. The van der Waals surface area contributed by atoms with Crippen molar-refractivity contribution in [3.63, 3.8) is 0 Å². The molecule has 3 heteroatoms. The Morgan fingerprint density at radius 3 is 1.26 bits per heavy atom. The molecule has 2 nitrogen and oxygen atoms in total. The van der Waals surface area contributed by atoms with Crippen LogP contribution in [-0.4, -0.2) is 67.4 Å². The SMILES string of the molecule is CCN(CC)CC#[C][Sn]([CH3])([CH3])[C]#CCN(CC)CC. The summed E-state index contributed by atoms with van der Waals surface area (Å²) in [5.41, 5.74) is 0. The molecule has 0 N–H and O–H groups in total. The van der Waals surface area contributed by atoms with E-state index in [0.29, 0.717) is 0 Å². The molecule has 0 aromatic heterocycles. The van der Waals surface area contributed by atoms with Crippen LogP contribution in [-0.2, 0) is 0 Å². The van der Waals surface area contributed by atoms with E-state index in [9.17, 15) is 0 Å². The van der Waals surface area contributed by atoms with Crippen LogP contribution in [0.4, 0.5) is 0 Å². The first-order valence-electron chi connectivity index (χ1n) is 7.43. The summed E-state index contributed by atoms with van der Waals surface area (Å²) < 4.78 is 6.99. The Hall–Kier alpha value is -0.161. The van der Waals surface area contributed by atoms with Gasteiger partial charge in [-0.05, 0) is 0 Å². The molecule has 0 aliphatic heterocycles. The molecule has 0 atom stereocenters. The Morgan fingerprint density at radius 1 is 0.684 bits per heavy atom. The molecule has 0 spiro atoms. The fourth-order valence-electron chi connectivity index (χ4n) is 1.67.